The molecule has 2 saturated heterocycles. The first-order valence-electron chi connectivity index (χ1n) is 9.97. The minimum absolute atomic E-state index is 0.223. The molecule has 0 aromatic carbocycles. The molecule has 2 aliphatic heterocycles. The number of hydrogen-bond acceptors (Lipinski definition) is 8. The summed E-state index contributed by atoms with van der Waals surface area (Å²) in [4.78, 5) is 0. The quantitative estimate of drug-likeness (QED) is 0.329. The average molecular weight is 449 g/mol. The van der Waals surface area contributed by atoms with Crippen molar-refractivity contribution in [1.29, 1.82) is 0 Å². The first kappa shape index (κ1) is 25.4. The molecule has 2 rings (SSSR count). The van der Waals surface area contributed by atoms with Gasteiger partial charge < -0.3 is 27.6 Å². The molecule has 11 heteroatoms. The molecule has 0 saturated carbocycles. The smallest absolute Gasteiger partial charge is 0.353 e. The maximum absolute atomic E-state index is 12.5. The van der Waals surface area contributed by atoms with Crippen LogP contribution in [0, 0.1) is 0 Å². The normalized spacial score (nSPS) is 31.0. The predicted octanol–water partition coefficient (Wildman–Crippen LogP) is 3.81. The SMILES string of the molecule is [B][C@@H]1O[C@@]2(/C=C/P(=O)(OC)OC)CO[C@@H]1[C@@H]2OP(OCCC)N(C(C)C)C(C)C. The Hall–Kier alpha value is 0.185. The van der Waals surface area contributed by atoms with E-state index in [9.17, 15) is 4.57 Å². The van der Waals surface area contributed by atoms with Gasteiger partial charge in [0.1, 0.15) is 25.7 Å². The number of rotatable bonds is 12. The lowest BCUT2D eigenvalue weighted by Crippen LogP contribution is -2.41. The summed E-state index contributed by atoms with van der Waals surface area (Å²) < 4.78 is 49.2. The third-order valence-electron chi connectivity index (χ3n) is 4.87. The fourth-order valence-electron chi connectivity index (χ4n) is 3.50. The van der Waals surface area contributed by atoms with Gasteiger partial charge in [-0.15, -0.1) is 0 Å². The maximum atomic E-state index is 12.5. The van der Waals surface area contributed by atoms with Gasteiger partial charge in [0.2, 0.25) is 0 Å². The Morgan fingerprint density at radius 2 is 1.90 bits per heavy atom. The Morgan fingerprint density at radius 3 is 2.38 bits per heavy atom. The van der Waals surface area contributed by atoms with E-state index in [1.807, 2.05) is 0 Å². The highest BCUT2D eigenvalue weighted by Gasteiger charge is 2.61. The zero-order valence-corrected chi connectivity index (χ0v) is 20.2. The Morgan fingerprint density at radius 1 is 1.28 bits per heavy atom. The summed E-state index contributed by atoms with van der Waals surface area (Å²) in [6.45, 7) is 11.3. The van der Waals surface area contributed by atoms with E-state index in [4.69, 9.17) is 35.4 Å². The van der Waals surface area contributed by atoms with Gasteiger partial charge in [0, 0.05) is 38.1 Å². The Bertz CT molecular complexity index is 593. The summed E-state index contributed by atoms with van der Waals surface area (Å²) in [6.07, 6.45) is 1.57. The summed E-state index contributed by atoms with van der Waals surface area (Å²) >= 11 is 0. The van der Waals surface area contributed by atoms with Gasteiger partial charge >= 0.3 is 7.60 Å². The van der Waals surface area contributed by atoms with E-state index in [2.05, 4.69) is 39.3 Å². The molecule has 8 nitrogen and oxygen atoms in total. The highest BCUT2D eigenvalue weighted by molar-refractivity contribution is 7.57. The van der Waals surface area contributed by atoms with Crippen molar-refractivity contribution in [2.75, 3.05) is 27.4 Å². The molecule has 0 amide bonds. The van der Waals surface area contributed by atoms with Crippen LogP contribution in [-0.2, 0) is 32.1 Å². The second-order valence-corrected chi connectivity index (χ2v) is 11.2. The van der Waals surface area contributed by atoms with Gasteiger partial charge in [0.15, 0.2) is 0 Å². The van der Waals surface area contributed by atoms with Gasteiger partial charge in [-0.3, -0.25) is 4.57 Å². The number of nitrogens with zero attached hydrogens (tertiary/aromatic N) is 1. The molecule has 1 unspecified atom stereocenters. The molecule has 0 aliphatic carbocycles. The molecule has 29 heavy (non-hydrogen) atoms. The van der Waals surface area contributed by atoms with Crippen LogP contribution in [0.25, 0.3) is 0 Å². The topological polar surface area (TPSA) is 75.7 Å². The lowest BCUT2D eigenvalue weighted by atomic mass is 9.92. The first-order chi connectivity index (χ1) is 13.6. The van der Waals surface area contributed by atoms with Crippen LogP contribution in [0.2, 0.25) is 0 Å². The third-order valence-corrected chi connectivity index (χ3v) is 8.51. The summed E-state index contributed by atoms with van der Waals surface area (Å²) in [6, 6.07) is -0.208. The van der Waals surface area contributed by atoms with Crippen LogP contribution in [-0.4, -0.2) is 75.8 Å². The van der Waals surface area contributed by atoms with Gasteiger partial charge in [-0.1, -0.05) is 6.92 Å². The molecule has 0 aromatic rings. The average Bonchev–Trinajstić information content (AvgIpc) is 3.14. The van der Waals surface area contributed by atoms with Crippen molar-refractivity contribution in [3.05, 3.63) is 11.9 Å². The van der Waals surface area contributed by atoms with Gasteiger partial charge in [0.25, 0.3) is 8.53 Å². The number of hydrogen-bond donors (Lipinski definition) is 0. The van der Waals surface area contributed by atoms with E-state index in [0.29, 0.717) is 6.61 Å². The second-order valence-electron chi connectivity index (χ2n) is 7.70. The lowest BCUT2D eigenvalue weighted by molar-refractivity contribution is -0.0920. The van der Waals surface area contributed by atoms with E-state index >= 15 is 0 Å². The van der Waals surface area contributed by atoms with E-state index in [1.165, 1.54) is 20.0 Å². The Kier molecular flexibility index (Phi) is 9.36. The molecule has 5 atom stereocenters. The molecule has 2 bridgehead atoms. The van der Waals surface area contributed by atoms with Crippen molar-refractivity contribution in [2.45, 2.75) is 76.9 Å². The molecule has 2 aliphatic rings. The molecule has 2 heterocycles. The molecule has 166 valence electrons. The molecule has 2 radical (unpaired) electrons. The van der Waals surface area contributed by atoms with Crippen LogP contribution in [0.3, 0.4) is 0 Å². The van der Waals surface area contributed by atoms with Crippen LogP contribution < -0.4 is 0 Å². The minimum Gasteiger partial charge on any atom is -0.370 e. The van der Waals surface area contributed by atoms with Gasteiger partial charge in [-0.05, 0) is 40.2 Å². The molecule has 0 aromatic heterocycles. The van der Waals surface area contributed by atoms with Crippen molar-refractivity contribution >= 4 is 24.0 Å². The van der Waals surface area contributed by atoms with Crippen LogP contribution in [0.15, 0.2) is 11.9 Å². The van der Waals surface area contributed by atoms with Crippen molar-refractivity contribution in [3.63, 3.8) is 0 Å². The van der Waals surface area contributed by atoms with Gasteiger partial charge in [0.05, 0.1) is 13.2 Å². The summed E-state index contributed by atoms with van der Waals surface area (Å²) in [5, 5.41) is 0. The van der Waals surface area contributed by atoms with E-state index in [0.717, 1.165) is 6.42 Å². The fourth-order valence-corrected chi connectivity index (χ4v) is 6.22. The van der Waals surface area contributed by atoms with Crippen molar-refractivity contribution < 1.29 is 32.1 Å². The molecular weight excluding hydrogens is 415 g/mol. The highest BCUT2D eigenvalue weighted by atomic mass is 31.2. The van der Waals surface area contributed by atoms with Crippen molar-refractivity contribution in [2.24, 2.45) is 0 Å². The van der Waals surface area contributed by atoms with Crippen LogP contribution >= 0.6 is 16.1 Å². The monoisotopic (exact) mass is 449 g/mol. The molecule has 0 spiro atoms. The van der Waals surface area contributed by atoms with Crippen LogP contribution in [0.1, 0.15) is 41.0 Å². The largest absolute Gasteiger partial charge is 0.370 e. The Balaban J connectivity index is 2.31. The highest BCUT2D eigenvalue weighted by Crippen LogP contribution is 2.55. The summed E-state index contributed by atoms with van der Waals surface area (Å²) in [7, 11) is 4.05. The molecule has 2 fully saturated rings. The predicted molar refractivity (Wildman–Crippen MR) is 114 cm³/mol. The molecule has 0 N–H and O–H groups in total. The maximum Gasteiger partial charge on any atom is 0.353 e. The van der Waals surface area contributed by atoms with Gasteiger partial charge in [-0.2, -0.15) is 0 Å². The fraction of sp³-hybridized carbons (Fsp3) is 0.889. The third kappa shape index (κ3) is 5.71. The summed E-state index contributed by atoms with van der Waals surface area (Å²) in [5.41, 5.74) is -0.980. The van der Waals surface area contributed by atoms with E-state index < -0.39 is 39.9 Å². The number of fused-ring (bicyclic) bond motifs is 2. The lowest BCUT2D eigenvalue weighted by Gasteiger charge is -2.38. The second kappa shape index (κ2) is 10.7. The standard InChI is InChI=1S/C18H34BNO7P2/c1-8-10-25-28(20(13(2)3)14(4)5)27-16-15-17(19)26-18(16,12-24-15)9-11-29(21,22-6)23-7/h9,11,13-17H,8,10,12H2,1-7H3/b11-9+/t15-,16+,17-,18+,28?/m1/s1. The first-order valence-corrected chi connectivity index (χ1v) is 12.7. The van der Waals surface area contributed by atoms with Crippen molar-refractivity contribution in [1.82, 2.24) is 4.67 Å². The van der Waals surface area contributed by atoms with Crippen molar-refractivity contribution in [3.8, 4) is 0 Å². The van der Waals surface area contributed by atoms with E-state index in [-0.39, 0.29) is 18.7 Å². The Labute approximate surface area is 177 Å². The summed E-state index contributed by atoms with van der Waals surface area (Å²) in [5.74, 6) is 1.38. The van der Waals surface area contributed by atoms with E-state index in [1.54, 1.807) is 6.08 Å². The van der Waals surface area contributed by atoms with Gasteiger partial charge in [-0.25, -0.2) is 4.67 Å². The zero-order chi connectivity index (χ0) is 21.8. The van der Waals surface area contributed by atoms with Crippen LogP contribution in [0.4, 0.5) is 0 Å². The van der Waals surface area contributed by atoms with Crippen LogP contribution in [0.5, 0.6) is 0 Å². The minimum atomic E-state index is -3.37. The zero-order valence-electron chi connectivity index (χ0n) is 18.4. The number of ether oxygens (including phenoxy) is 2. The molecular formula is C18H34BNO7P2.